The molecule has 0 rings (SSSR count). The van der Waals surface area contributed by atoms with Crippen LogP contribution in [0.4, 0.5) is 0 Å². The van der Waals surface area contributed by atoms with Crippen LogP contribution in [-0.2, 0) is 0 Å². The second-order valence-electron chi connectivity index (χ2n) is 3.24. The normalized spacial score (nSPS) is 14.8. The largest absolute Gasteiger partial charge is 0.378 e. The van der Waals surface area contributed by atoms with Crippen molar-refractivity contribution < 1.29 is 5.11 Å². The molecule has 0 amide bonds. The smallest absolute Gasteiger partial charge is 0.122 e. The van der Waals surface area contributed by atoms with Crippen molar-refractivity contribution in [3.63, 3.8) is 0 Å². The molecular formula is C10H16O. The van der Waals surface area contributed by atoms with Crippen molar-refractivity contribution in [3.05, 3.63) is 11.6 Å². The summed E-state index contributed by atoms with van der Waals surface area (Å²) < 4.78 is 0. The van der Waals surface area contributed by atoms with Crippen molar-refractivity contribution in [3.8, 4) is 12.3 Å². The summed E-state index contributed by atoms with van der Waals surface area (Å²) in [5.41, 5.74) is 0.323. The van der Waals surface area contributed by atoms with Crippen LogP contribution in [0.2, 0.25) is 0 Å². The molecule has 1 nitrogen and oxygen atoms in total. The maximum Gasteiger partial charge on any atom is 0.122 e. The summed E-state index contributed by atoms with van der Waals surface area (Å²) in [5, 5.41) is 9.37. The second-order valence-corrected chi connectivity index (χ2v) is 3.24. The maximum atomic E-state index is 9.37. The standard InChI is InChI=1S/C10H16O/c1-5-10(4,11)8-6-7-9(2)3/h1,7,11H,6,8H2,2-4H3/t10-/m1/s1. The van der Waals surface area contributed by atoms with Crippen molar-refractivity contribution in [1.29, 1.82) is 0 Å². The van der Waals surface area contributed by atoms with Crippen molar-refractivity contribution in [2.75, 3.05) is 0 Å². The molecule has 0 aromatic rings. The molecule has 0 fully saturated rings. The lowest BCUT2D eigenvalue weighted by Gasteiger charge is -2.13. The monoisotopic (exact) mass is 152 g/mol. The first-order chi connectivity index (χ1) is 4.98. The van der Waals surface area contributed by atoms with E-state index in [-0.39, 0.29) is 0 Å². The van der Waals surface area contributed by atoms with Gasteiger partial charge in [-0.1, -0.05) is 17.6 Å². The molecule has 1 heteroatoms. The Morgan fingerprint density at radius 1 is 1.64 bits per heavy atom. The first kappa shape index (κ1) is 10.3. The molecule has 62 valence electrons. The molecule has 1 N–H and O–H groups in total. The predicted molar refractivity (Wildman–Crippen MR) is 48.1 cm³/mol. The quantitative estimate of drug-likeness (QED) is 0.485. The number of terminal acetylenes is 1. The number of hydrogen-bond acceptors (Lipinski definition) is 1. The number of allylic oxidation sites excluding steroid dienone is 2. The Balaban J connectivity index is 3.74. The fraction of sp³-hybridized carbons (Fsp3) is 0.600. The van der Waals surface area contributed by atoms with Crippen LogP contribution < -0.4 is 0 Å². The zero-order valence-corrected chi connectivity index (χ0v) is 7.52. The van der Waals surface area contributed by atoms with E-state index in [1.165, 1.54) is 5.57 Å². The first-order valence-corrected chi connectivity index (χ1v) is 3.81. The van der Waals surface area contributed by atoms with Crippen molar-refractivity contribution in [2.24, 2.45) is 0 Å². The third-order valence-corrected chi connectivity index (χ3v) is 1.49. The van der Waals surface area contributed by atoms with E-state index in [4.69, 9.17) is 6.42 Å². The Morgan fingerprint density at radius 2 is 2.18 bits per heavy atom. The molecule has 0 bridgehead atoms. The summed E-state index contributed by atoms with van der Waals surface area (Å²) in [7, 11) is 0. The van der Waals surface area contributed by atoms with E-state index in [0.29, 0.717) is 6.42 Å². The Hall–Kier alpha value is -0.740. The van der Waals surface area contributed by atoms with Crippen LogP contribution in [0.1, 0.15) is 33.6 Å². The summed E-state index contributed by atoms with van der Waals surface area (Å²) in [6, 6.07) is 0. The molecule has 0 saturated carbocycles. The summed E-state index contributed by atoms with van der Waals surface area (Å²) in [6.45, 7) is 5.72. The van der Waals surface area contributed by atoms with Crippen molar-refractivity contribution in [1.82, 2.24) is 0 Å². The Morgan fingerprint density at radius 3 is 2.55 bits per heavy atom. The molecule has 0 aliphatic heterocycles. The van der Waals surface area contributed by atoms with Crippen LogP contribution in [0.5, 0.6) is 0 Å². The minimum atomic E-state index is -0.939. The minimum absolute atomic E-state index is 0.634. The molecule has 0 saturated heterocycles. The highest BCUT2D eigenvalue weighted by atomic mass is 16.3. The SMILES string of the molecule is C#C[C@@](C)(O)CCC=C(C)C. The topological polar surface area (TPSA) is 20.2 Å². The van der Waals surface area contributed by atoms with Gasteiger partial charge in [0.2, 0.25) is 0 Å². The molecule has 0 unspecified atom stereocenters. The van der Waals surface area contributed by atoms with E-state index in [2.05, 4.69) is 12.0 Å². The van der Waals surface area contributed by atoms with Gasteiger partial charge in [0.25, 0.3) is 0 Å². The Bertz CT molecular complexity index is 178. The lowest BCUT2D eigenvalue weighted by atomic mass is 10.0. The highest BCUT2D eigenvalue weighted by Gasteiger charge is 2.13. The van der Waals surface area contributed by atoms with Crippen LogP contribution in [-0.4, -0.2) is 10.7 Å². The Labute approximate surface area is 69.1 Å². The van der Waals surface area contributed by atoms with Crippen molar-refractivity contribution in [2.45, 2.75) is 39.2 Å². The van der Waals surface area contributed by atoms with Gasteiger partial charge in [-0.15, -0.1) is 6.42 Å². The molecule has 0 heterocycles. The van der Waals surface area contributed by atoms with Crippen LogP contribution >= 0.6 is 0 Å². The zero-order chi connectivity index (χ0) is 8.91. The molecule has 0 aliphatic rings. The number of aliphatic hydroxyl groups is 1. The average molecular weight is 152 g/mol. The fourth-order valence-corrected chi connectivity index (χ4v) is 0.714. The van der Waals surface area contributed by atoms with Crippen LogP contribution in [0.15, 0.2) is 11.6 Å². The van der Waals surface area contributed by atoms with Gasteiger partial charge in [0, 0.05) is 0 Å². The van der Waals surface area contributed by atoms with Gasteiger partial charge < -0.3 is 5.11 Å². The highest BCUT2D eigenvalue weighted by molar-refractivity contribution is 5.05. The molecule has 0 aromatic heterocycles. The average Bonchev–Trinajstić information content (AvgIpc) is 1.87. The van der Waals surface area contributed by atoms with Crippen LogP contribution in [0.25, 0.3) is 0 Å². The van der Waals surface area contributed by atoms with Crippen LogP contribution in [0.3, 0.4) is 0 Å². The van der Waals surface area contributed by atoms with Gasteiger partial charge in [0.1, 0.15) is 5.60 Å². The molecule has 0 aliphatic carbocycles. The predicted octanol–water partition coefficient (Wildman–Crippen LogP) is 2.12. The van der Waals surface area contributed by atoms with E-state index in [0.717, 1.165) is 6.42 Å². The fourth-order valence-electron chi connectivity index (χ4n) is 0.714. The zero-order valence-electron chi connectivity index (χ0n) is 7.52. The summed E-state index contributed by atoms with van der Waals surface area (Å²) >= 11 is 0. The van der Waals surface area contributed by atoms with E-state index in [1.54, 1.807) is 6.92 Å². The molecule has 0 radical (unpaired) electrons. The second kappa shape index (κ2) is 4.20. The molecule has 1 atom stereocenters. The van der Waals surface area contributed by atoms with Gasteiger partial charge >= 0.3 is 0 Å². The summed E-state index contributed by atoms with van der Waals surface area (Å²) in [5.74, 6) is 2.34. The third kappa shape index (κ3) is 5.69. The van der Waals surface area contributed by atoms with Gasteiger partial charge in [-0.2, -0.15) is 0 Å². The van der Waals surface area contributed by atoms with Gasteiger partial charge in [0.15, 0.2) is 0 Å². The van der Waals surface area contributed by atoms with Crippen molar-refractivity contribution >= 4 is 0 Å². The lowest BCUT2D eigenvalue weighted by molar-refractivity contribution is 0.113. The number of rotatable bonds is 3. The molecule has 11 heavy (non-hydrogen) atoms. The molecule has 0 spiro atoms. The number of hydrogen-bond donors (Lipinski definition) is 1. The third-order valence-electron chi connectivity index (χ3n) is 1.49. The first-order valence-electron chi connectivity index (χ1n) is 3.81. The van der Waals surface area contributed by atoms with Gasteiger partial charge in [-0.25, -0.2) is 0 Å². The Kier molecular flexibility index (Phi) is 3.92. The maximum absolute atomic E-state index is 9.37. The van der Waals surface area contributed by atoms with Gasteiger partial charge in [-0.3, -0.25) is 0 Å². The van der Waals surface area contributed by atoms with E-state index in [9.17, 15) is 5.11 Å². The summed E-state index contributed by atoms with van der Waals surface area (Å²) in [6.07, 6.45) is 8.66. The lowest BCUT2D eigenvalue weighted by Crippen LogP contribution is -2.20. The molecular weight excluding hydrogens is 136 g/mol. The van der Waals surface area contributed by atoms with Gasteiger partial charge in [0.05, 0.1) is 0 Å². The molecule has 0 aromatic carbocycles. The van der Waals surface area contributed by atoms with E-state index in [1.807, 2.05) is 13.8 Å². The van der Waals surface area contributed by atoms with Crippen LogP contribution in [0, 0.1) is 12.3 Å². The van der Waals surface area contributed by atoms with E-state index >= 15 is 0 Å². The summed E-state index contributed by atoms with van der Waals surface area (Å²) in [4.78, 5) is 0. The minimum Gasteiger partial charge on any atom is -0.378 e. The van der Waals surface area contributed by atoms with Gasteiger partial charge in [-0.05, 0) is 33.6 Å². The highest BCUT2D eigenvalue weighted by Crippen LogP contribution is 2.11. The van der Waals surface area contributed by atoms with E-state index < -0.39 is 5.60 Å².